The molecule has 2 fully saturated rings. The third-order valence-corrected chi connectivity index (χ3v) is 1.64. The van der Waals surface area contributed by atoms with Crippen molar-refractivity contribution in [1.29, 1.82) is 0 Å². The van der Waals surface area contributed by atoms with Crippen molar-refractivity contribution in [2.45, 2.75) is 18.8 Å². The molecule has 52 valence electrons. The van der Waals surface area contributed by atoms with E-state index in [0.29, 0.717) is 13.0 Å². The third-order valence-electron chi connectivity index (χ3n) is 1.64. The lowest BCUT2D eigenvalue weighted by Crippen LogP contribution is -2.18. The molecule has 9 heavy (non-hydrogen) atoms. The lowest BCUT2D eigenvalue weighted by Gasteiger charge is -2.06. The maximum absolute atomic E-state index is 9.31. The molecule has 2 aliphatic heterocycles. The zero-order valence-electron chi connectivity index (χ0n) is 6.96. The summed E-state index contributed by atoms with van der Waals surface area (Å²) in [6, 6.07) is 0. The predicted molar refractivity (Wildman–Crippen MR) is 29.8 cm³/mol. The first-order valence-corrected chi connectivity index (χ1v) is 3.04. The van der Waals surface area contributed by atoms with Crippen molar-refractivity contribution in [2.75, 3.05) is 13.2 Å². The van der Waals surface area contributed by atoms with Crippen LogP contribution in [0.5, 0.6) is 0 Å². The molecule has 0 radical (unpaired) electrons. The molecule has 3 nitrogen and oxygen atoms in total. The van der Waals surface area contributed by atoms with Crippen LogP contribution in [0.25, 0.3) is 0 Å². The molecule has 0 unspecified atom stereocenters. The van der Waals surface area contributed by atoms with E-state index in [4.69, 9.17) is 12.2 Å². The second kappa shape index (κ2) is 1.94. The Kier molecular flexibility index (Phi) is 0.840. The maximum atomic E-state index is 9.31. The first-order valence-electron chi connectivity index (χ1n) is 4.04. The first-order chi connectivity index (χ1) is 5.08. The van der Waals surface area contributed by atoms with Gasteiger partial charge in [-0.25, -0.2) is 0 Å². The molecule has 0 amide bonds. The highest BCUT2D eigenvalue weighted by Crippen LogP contribution is 2.30. The van der Waals surface area contributed by atoms with Gasteiger partial charge >= 0.3 is 0 Å². The molecule has 0 bridgehead atoms. The Morgan fingerprint density at radius 1 is 1.56 bits per heavy atom. The highest BCUT2D eigenvalue weighted by Gasteiger charge is 2.40. The van der Waals surface area contributed by atoms with Gasteiger partial charge in [-0.1, -0.05) is 0 Å². The molecular formula is C6H10O3. The largest absolute Gasteiger partial charge is 0.390 e. The van der Waals surface area contributed by atoms with E-state index in [1.165, 1.54) is 0 Å². The van der Waals surface area contributed by atoms with Crippen LogP contribution in [0.1, 0.15) is 9.16 Å². The van der Waals surface area contributed by atoms with Gasteiger partial charge in [0, 0.05) is 7.26 Å². The molecule has 2 aliphatic rings. The minimum atomic E-state index is -1.62. The van der Waals surface area contributed by atoms with Crippen LogP contribution in [0.3, 0.4) is 0 Å². The van der Waals surface area contributed by atoms with Gasteiger partial charge in [0.25, 0.3) is 0 Å². The van der Waals surface area contributed by atoms with Gasteiger partial charge in [0.05, 0.1) is 20.7 Å². The Morgan fingerprint density at radius 2 is 2.44 bits per heavy atom. The minimum absolute atomic E-state index is 0.0347. The summed E-state index contributed by atoms with van der Waals surface area (Å²) in [5.74, 6) is -1.27. The number of hydrogen-bond acceptors (Lipinski definition) is 3. The molecular weight excluding hydrogens is 120 g/mol. The lowest BCUT2D eigenvalue weighted by molar-refractivity contribution is -0.0907. The number of fused-ring (bicyclic) bond motifs is 1. The average molecular weight is 132 g/mol. The molecule has 0 aromatic heterocycles. The molecule has 3 atom stereocenters. The van der Waals surface area contributed by atoms with E-state index in [1.807, 2.05) is 0 Å². The molecule has 0 spiro atoms. The summed E-state index contributed by atoms with van der Waals surface area (Å²) < 4.78 is 25.1. The minimum Gasteiger partial charge on any atom is -0.390 e. The fraction of sp³-hybridized carbons (Fsp3) is 1.00. The van der Waals surface area contributed by atoms with E-state index in [-0.39, 0.29) is 6.61 Å². The fourth-order valence-electron chi connectivity index (χ4n) is 1.14. The Hall–Kier alpha value is -0.120. The summed E-state index contributed by atoms with van der Waals surface area (Å²) in [6.45, 7) is 0.358. The van der Waals surface area contributed by atoms with Crippen LogP contribution in [0, 0.1) is 5.89 Å². The molecule has 0 aromatic carbocycles. The van der Waals surface area contributed by atoms with Crippen molar-refractivity contribution >= 4 is 0 Å². The van der Waals surface area contributed by atoms with E-state index in [9.17, 15) is 5.11 Å². The molecule has 2 rings (SSSR count). The molecule has 2 heterocycles. The molecule has 3 heteroatoms. The average Bonchev–Trinajstić information content (AvgIpc) is 2.34. The number of aliphatic hydroxyl groups is 1. The van der Waals surface area contributed by atoms with Crippen molar-refractivity contribution in [1.82, 2.24) is 0 Å². The van der Waals surface area contributed by atoms with E-state index in [1.54, 1.807) is 0 Å². The van der Waals surface area contributed by atoms with Crippen LogP contribution in [-0.2, 0) is 9.47 Å². The van der Waals surface area contributed by atoms with Gasteiger partial charge in [0.15, 0.2) is 6.27 Å². The highest BCUT2D eigenvalue weighted by molar-refractivity contribution is 4.81. The summed E-state index contributed by atoms with van der Waals surface area (Å²) in [5.41, 5.74) is 0. The van der Waals surface area contributed by atoms with Gasteiger partial charge in [-0.3, -0.25) is 0 Å². The third kappa shape index (κ3) is 0.764. The van der Waals surface area contributed by atoms with Gasteiger partial charge in [-0.2, -0.15) is 0 Å². The van der Waals surface area contributed by atoms with Gasteiger partial charge in [-0.05, 0) is 6.42 Å². The number of aliphatic hydroxyl groups excluding tert-OH is 1. The van der Waals surface area contributed by atoms with Crippen molar-refractivity contribution in [3.63, 3.8) is 0 Å². The van der Waals surface area contributed by atoms with Crippen LogP contribution in [0.15, 0.2) is 0 Å². The molecule has 0 saturated carbocycles. The number of rotatable bonds is 0. The number of hydrogen-bond donors (Lipinski definition) is 1. The van der Waals surface area contributed by atoms with E-state index in [2.05, 4.69) is 0 Å². The van der Waals surface area contributed by atoms with Gasteiger partial charge in [0.2, 0.25) is 0 Å². The van der Waals surface area contributed by atoms with Crippen molar-refractivity contribution in [3.8, 4) is 0 Å². The SMILES string of the molecule is [2H][C@]12OCC[C@@]1([2H])[C@@H](O)CO2. The summed E-state index contributed by atoms with van der Waals surface area (Å²) in [7, 11) is 0. The normalized spacial score (nSPS) is 69.2. The topological polar surface area (TPSA) is 38.7 Å². The molecule has 2 saturated heterocycles. The lowest BCUT2D eigenvalue weighted by atomic mass is 10.0. The Labute approximate surface area is 56.4 Å². The summed E-state index contributed by atoms with van der Waals surface area (Å²) in [5, 5.41) is 9.31. The second-order valence-electron chi connectivity index (χ2n) is 2.24. The summed E-state index contributed by atoms with van der Waals surface area (Å²) >= 11 is 0. The van der Waals surface area contributed by atoms with Crippen molar-refractivity contribution in [2.24, 2.45) is 5.89 Å². The summed E-state index contributed by atoms with van der Waals surface area (Å²) in [6.07, 6.45) is -2.13. The summed E-state index contributed by atoms with van der Waals surface area (Å²) in [4.78, 5) is 0. The predicted octanol–water partition coefficient (Wildman–Crippen LogP) is -0.260. The molecule has 0 aromatic rings. The number of ether oxygens (including phenoxy) is 2. The maximum Gasteiger partial charge on any atom is 0.163 e. The quantitative estimate of drug-likeness (QED) is 0.493. The first kappa shape index (κ1) is 3.91. The van der Waals surface area contributed by atoms with Gasteiger partial charge < -0.3 is 14.6 Å². The van der Waals surface area contributed by atoms with E-state index < -0.39 is 18.3 Å². The van der Waals surface area contributed by atoms with Gasteiger partial charge in [0.1, 0.15) is 0 Å². The van der Waals surface area contributed by atoms with Gasteiger partial charge in [-0.15, -0.1) is 0 Å². The van der Waals surface area contributed by atoms with Crippen LogP contribution in [0.4, 0.5) is 0 Å². The van der Waals surface area contributed by atoms with Crippen LogP contribution < -0.4 is 0 Å². The van der Waals surface area contributed by atoms with Crippen molar-refractivity contribution in [3.05, 3.63) is 0 Å². The monoisotopic (exact) mass is 132 g/mol. The zero-order valence-corrected chi connectivity index (χ0v) is 4.96. The van der Waals surface area contributed by atoms with Crippen LogP contribution in [-0.4, -0.2) is 30.7 Å². The Bertz CT molecular complexity index is 189. The smallest absolute Gasteiger partial charge is 0.163 e. The molecule has 0 aliphatic carbocycles. The van der Waals surface area contributed by atoms with Crippen molar-refractivity contribution < 1.29 is 17.3 Å². The van der Waals surface area contributed by atoms with Crippen LogP contribution >= 0.6 is 0 Å². The molecule has 1 N–H and O–H groups in total. The fourth-order valence-corrected chi connectivity index (χ4v) is 1.14. The van der Waals surface area contributed by atoms with E-state index in [0.717, 1.165) is 0 Å². The zero-order chi connectivity index (χ0) is 8.11. The Balaban J connectivity index is 2.33. The second-order valence-corrected chi connectivity index (χ2v) is 2.24. The standard InChI is InChI=1S/C6H10O3/c7-5-3-9-6-4(5)1-2-8-6/h4-7H,1-3H2/t4-,5-,6+/m0/s1/i4D,6D. The highest BCUT2D eigenvalue weighted by atomic mass is 16.7. The Morgan fingerprint density at radius 3 is 3.22 bits per heavy atom. The van der Waals surface area contributed by atoms with E-state index >= 15 is 0 Å². The van der Waals surface area contributed by atoms with Crippen LogP contribution in [0.2, 0.25) is 0 Å².